The maximum absolute atomic E-state index is 11.2. The van der Waals surface area contributed by atoms with Crippen LogP contribution in [0.2, 0.25) is 0 Å². The molecule has 1 aromatic rings. The van der Waals surface area contributed by atoms with Crippen molar-refractivity contribution >= 4 is 10.1 Å². The quantitative estimate of drug-likeness (QED) is 0.0378. The molecule has 306 valence electrons. The van der Waals surface area contributed by atoms with Crippen LogP contribution in [0.5, 0.6) is 0 Å². The Kier molecular flexibility index (Phi) is 41.9. The zero-order valence-electron chi connectivity index (χ0n) is 35.9. The molecule has 0 heterocycles. The largest absolute Gasteiger partial charge is 1.00 e. The van der Waals surface area contributed by atoms with Gasteiger partial charge in [-0.1, -0.05) is 269 Å². The third kappa shape index (κ3) is 38.8. The van der Waals surface area contributed by atoms with Crippen LogP contribution in [0.15, 0.2) is 29.2 Å². The summed E-state index contributed by atoms with van der Waals surface area (Å²) in [6, 6.07) is 6.51. The second-order valence-electron chi connectivity index (χ2n) is 16.6. The molecule has 1 rings (SSSR count). The zero-order chi connectivity index (χ0) is 37.5. The molecule has 0 radical (unpaired) electrons. The molecule has 0 saturated heterocycles. The minimum absolute atomic E-state index is 0. The van der Waals surface area contributed by atoms with E-state index in [-0.39, 0.29) is 34.5 Å². The summed E-state index contributed by atoms with van der Waals surface area (Å²) >= 11 is 0. The molecule has 3 nitrogen and oxygen atoms in total. The van der Waals surface area contributed by atoms with Gasteiger partial charge in [-0.25, -0.2) is 8.42 Å². The van der Waals surface area contributed by atoms with Crippen LogP contribution in [-0.2, 0) is 16.5 Å². The number of aryl methyl sites for hydroxylation is 1. The van der Waals surface area contributed by atoms with Gasteiger partial charge in [0.2, 0.25) is 0 Å². The number of benzene rings is 1. The van der Waals surface area contributed by atoms with Gasteiger partial charge < -0.3 is 4.55 Å². The fraction of sp³-hybridized carbons (Fsp3) is 0.875. The average Bonchev–Trinajstić information content (AvgIpc) is 3.14. The number of hydrogen-bond acceptors (Lipinski definition) is 3. The summed E-state index contributed by atoms with van der Waals surface area (Å²) < 4.78 is 33.5. The topological polar surface area (TPSA) is 57.2 Å². The molecule has 0 aromatic heterocycles. The second kappa shape index (κ2) is 41.8. The van der Waals surface area contributed by atoms with Gasteiger partial charge in [0, 0.05) is 0 Å². The van der Waals surface area contributed by atoms with Crippen LogP contribution in [0.25, 0.3) is 0 Å². The van der Waals surface area contributed by atoms with Crippen molar-refractivity contribution in [1.29, 1.82) is 0 Å². The monoisotopic (exact) mass is 769 g/mol. The predicted octanol–water partition coefficient (Wildman–Crippen LogP) is 13.8. The van der Waals surface area contributed by atoms with Gasteiger partial charge in [-0.2, -0.15) is 0 Å². The first-order valence-electron chi connectivity index (χ1n) is 23.6. The Hall–Kier alpha value is 0.130. The van der Waals surface area contributed by atoms with Crippen LogP contribution in [0, 0.1) is 0 Å². The molecule has 0 N–H and O–H groups in total. The van der Waals surface area contributed by atoms with E-state index in [9.17, 15) is 13.0 Å². The Morgan fingerprint density at radius 1 is 0.377 bits per heavy atom. The van der Waals surface area contributed by atoms with Crippen molar-refractivity contribution < 1.29 is 42.5 Å². The average molecular weight is 769 g/mol. The van der Waals surface area contributed by atoms with Crippen LogP contribution in [0.1, 0.15) is 269 Å². The molecule has 0 aliphatic carbocycles. The van der Waals surface area contributed by atoms with E-state index in [1.165, 1.54) is 263 Å². The normalized spacial score (nSPS) is 11.7. The van der Waals surface area contributed by atoms with Crippen molar-refractivity contribution in [2.75, 3.05) is 0 Å². The Labute approximate surface area is 355 Å². The molecule has 0 unspecified atom stereocenters. The summed E-state index contributed by atoms with van der Waals surface area (Å²) in [4.78, 5) is -0.105. The van der Waals surface area contributed by atoms with Gasteiger partial charge in [0.1, 0.15) is 10.1 Å². The summed E-state index contributed by atoms with van der Waals surface area (Å²) in [5.41, 5.74) is 0.952. The van der Waals surface area contributed by atoms with Crippen LogP contribution in [-0.4, -0.2) is 13.0 Å². The van der Waals surface area contributed by atoms with E-state index in [1.54, 1.807) is 6.07 Å². The summed E-state index contributed by atoms with van der Waals surface area (Å²) in [6.45, 7) is 2.30. The molecule has 0 aliphatic rings. The van der Waals surface area contributed by atoms with Crippen molar-refractivity contribution in [3.05, 3.63) is 29.8 Å². The number of unbranched alkanes of at least 4 members (excludes halogenated alkanes) is 39. The van der Waals surface area contributed by atoms with Crippen LogP contribution >= 0.6 is 0 Å². The molecule has 0 amide bonds. The molecule has 0 atom stereocenters. The van der Waals surface area contributed by atoms with E-state index in [1.807, 2.05) is 6.07 Å². The molecular weight excluding hydrogens is 680 g/mol. The van der Waals surface area contributed by atoms with Crippen LogP contribution < -0.4 is 29.6 Å². The van der Waals surface area contributed by atoms with Crippen LogP contribution in [0.4, 0.5) is 0 Å². The minimum atomic E-state index is -4.35. The molecule has 0 saturated carbocycles. The third-order valence-corrected chi connectivity index (χ3v) is 12.3. The Bertz CT molecular complexity index is 965. The first-order chi connectivity index (χ1) is 25.5. The predicted molar refractivity (Wildman–Crippen MR) is 228 cm³/mol. The van der Waals surface area contributed by atoms with E-state index in [0.29, 0.717) is 0 Å². The van der Waals surface area contributed by atoms with E-state index in [4.69, 9.17) is 0 Å². The van der Waals surface area contributed by atoms with Crippen molar-refractivity contribution in [2.45, 2.75) is 275 Å². The molecule has 1 aromatic carbocycles. The number of hydrogen-bond donors (Lipinski definition) is 0. The maximum atomic E-state index is 11.2. The minimum Gasteiger partial charge on any atom is -0.744 e. The summed E-state index contributed by atoms with van der Waals surface area (Å²) in [5.74, 6) is 0. The Balaban J connectivity index is 0.0000270. The fourth-order valence-electron chi connectivity index (χ4n) is 7.98. The summed E-state index contributed by atoms with van der Waals surface area (Å²) in [5, 5.41) is 0. The molecule has 0 bridgehead atoms. The van der Waals surface area contributed by atoms with E-state index >= 15 is 0 Å². The van der Waals surface area contributed by atoms with Gasteiger partial charge in [-0.15, -0.1) is 0 Å². The molecule has 5 heteroatoms. The molecule has 0 aliphatic heterocycles. The zero-order valence-corrected chi connectivity index (χ0v) is 38.8. The van der Waals surface area contributed by atoms with Gasteiger partial charge in [-0.3, -0.25) is 0 Å². The van der Waals surface area contributed by atoms with Crippen molar-refractivity contribution in [1.82, 2.24) is 0 Å². The smallest absolute Gasteiger partial charge is 0.744 e. The van der Waals surface area contributed by atoms with Gasteiger partial charge in [0.15, 0.2) is 0 Å². The van der Waals surface area contributed by atoms with Crippen molar-refractivity contribution in [2.24, 2.45) is 0 Å². The van der Waals surface area contributed by atoms with E-state index < -0.39 is 10.1 Å². The Morgan fingerprint density at radius 3 is 0.830 bits per heavy atom. The van der Waals surface area contributed by atoms with Crippen molar-refractivity contribution in [3.8, 4) is 0 Å². The SMILES string of the molecule is CCCCCCCCCCCCCCCCCCCCCCCCCCCCCCCCCCCCCCCCCCc1cccc(S(=O)(=O)[O-])c1.[Na+]. The number of rotatable bonds is 42. The first-order valence-corrected chi connectivity index (χ1v) is 25.0. The molecule has 0 fully saturated rings. The standard InChI is InChI=1S/C48H90O3S.Na/c1-2-3-4-5-6-7-8-9-10-11-12-13-14-15-16-17-18-19-20-21-22-23-24-25-26-27-28-29-30-31-32-33-34-35-36-37-38-39-40-41-43-47-44-42-45-48(46-47)52(49,50)51;/h42,44-46H,2-41,43H2,1H3,(H,49,50,51);/q;+1/p-1. The summed E-state index contributed by atoms with van der Waals surface area (Å²) in [7, 11) is -4.35. The van der Waals surface area contributed by atoms with E-state index in [2.05, 4.69) is 6.92 Å². The van der Waals surface area contributed by atoms with Crippen LogP contribution in [0.3, 0.4) is 0 Å². The molecule has 53 heavy (non-hydrogen) atoms. The fourth-order valence-corrected chi connectivity index (χ4v) is 8.52. The van der Waals surface area contributed by atoms with Gasteiger partial charge in [0.05, 0.1) is 4.90 Å². The van der Waals surface area contributed by atoms with E-state index in [0.717, 1.165) is 18.4 Å². The Morgan fingerprint density at radius 2 is 0.604 bits per heavy atom. The molecular formula is C48H89NaO3S. The van der Waals surface area contributed by atoms with Gasteiger partial charge >= 0.3 is 29.6 Å². The van der Waals surface area contributed by atoms with Gasteiger partial charge in [0.25, 0.3) is 0 Å². The third-order valence-electron chi connectivity index (χ3n) is 11.5. The van der Waals surface area contributed by atoms with Crippen molar-refractivity contribution in [3.63, 3.8) is 0 Å². The van der Waals surface area contributed by atoms with Gasteiger partial charge in [-0.05, 0) is 30.5 Å². The molecule has 0 spiro atoms. The maximum Gasteiger partial charge on any atom is 1.00 e. The second-order valence-corrected chi connectivity index (χ2v) is 18.0. The summed E-state index contributed by atoms with van der Waals surface area (Å²) in [6.07, 6.45) is 57.9. The first kappa shape index (κ1) is 53.1.